The van der Waals surface area contributed by atoms with Crippen molar-refractivity contribution < 1.29 is 14.3 Å². The third kappa shape index (κ3) is 3.26. The summed E-state index contributed by atoms with van der Waals surface area (Å²) in [6.07, 6.45) is 11.5. The van der Waals surface area contributed by atoms with Gasteiger partial charge in [-0.25, -0.2) is 0 Å². The molecule has 8 atom stereocenters. The number of hydrogen-bond donors (Lipinski definition) is 1. The van der Waals surface area contributed by atoms with Crippen molar-refractivity contribution >= 4 is 5.78 Å². The van der Waals surface area contributed by atoms with Crippen LogP contribution in [0.25, 0.3) is 0 Å². The van der Waals surface area contributed by atoms with Crippen molar-refractivity contribution in [3.05, 3.63) is 18.0 Å². The summed E-state index contributed by atoms with van der Waals surface area (Å²) in [7, 11) is 0. The number of rotatable bonds is 4. The fraction of sp³-hybridized carbons (Fsp3) is 0.808. The molecule has 4 saturated carbocycles. The minimum atomic E-state index is -0.651. The molecule has 4 aliphatic carbocycles. The molecule has 0 radical (unpaired) electrons. The minimum Gasteiger partial charge on any atom is -0.390 e. The Labute approximate surface area is 190 Å². The summed E-state index contributed by atoms with van der Waals surface area (Å²) in [4.78, 5) is 13.3. The molecule has 0 aromatic carbocycles. The van der Waals surface area contributed by atoms with Gasteiger partial charge >= 0.3 is 0 Å². The molecule has 0 spiro atoms. The summed E-state index contributed by atoms with van der Waals surface area (Å²) in [5, 5.41) is 23.9. The van der Waals surface area contributed by atoms with Gasteiger partial charge in [-0.15, -0.1) is 0 Å². The van der Waals surface area contributed by atoms with E-state index in [1.165, 1.54) is 6.20 Å². The van der Waals surface area contributed by atoms with Crippen molar-refractivity contribution in [3.63, 3.8) is 0 Å². The molecule has 2 unspecified atom stereocenters. The van der Waals surface area contributed by atoms with Gasteiger partial charge in [0.15, 0.2) is 5.78 Å². The van der Waals surface area contributed by atoms with Crippen LogP contribution in [0, 0.1) is 51.8 Å². The third-order valence-corrected chi connectivity index (χ3v) is 10.4. The number of Topliss-reactive ketones (excluding diaryl/α,β-unsaturated/α-hetero) is 1. The number of ketones is 1. The predicted octanol–water partition coefficient (Wildman–Crippen LogP) is 4.68. The summed E-state index contributed by atoms with van der Waals surface area (Å²) in [6, 6.07) is 2.07. The highest BCUT2D eigenvalue weighted by molar-refractivity contribution is 5.82. The van der Waals surface area contributed by atoms with Crippen LogP contribution in [-0.4, -0.2) is 32.9 Å². The van der Waals surface area contributed by atoms with Gasteiger partial charge in [-0.3, -0.25) is 13.9 Å². The van der Waals surface area contributed by atoms with E-state index in [1.54, 1.807) is 10.9 Å². The maximum absolute atomic E-state index is 14.8. The van der Waals surface area contributed by atoms with E-state index in [4.69, 9.17) is 5.26 Å². The molecule has 1 N–H and O–H groups in total. The number of nitrogens with zero attached hydrogens (tertiary/aromatic N) is 3. The van der Waals surface area contributed by atoms with Crippen LogP contribution in [0.4, 0.5) is 4.39 Å². The standard InChI is InChI=1S/C26H36FN3O2/c1-24(32)9-10-26(16-27)18(11-24)3-4-19-20-5-6-22(25(20,2)8-7-21(19)26)23(31)15-30-14-17(12-28)13-29-30/h13-14,18-22,32H,3-11,15-16H2,1-2H3/t18-,19+,20?,21?,22-,24-,25+,26-/m1/s1. The SMILES string of the molecule is C[C@@]1(O)CC[C@]2(CF)C3CC[C@@]4(C)C(CC[C@@H]4C(=O)Cn4cc(C#N)cn4)[C@@H]3CC[C@@H]2C1. The summed E-state index contributed by atoms with van der Waals surface area (Å²) in [6.45, 7) is 4.20. The zero-order valence-electron chi connectivity index (χ0n) is 19.4. The number of alkyl halides is 1. The Balaban J connectivity index is 1.35. The van der Waals surface area contributed by atoms with Gasteiger partial charge in [0.25, 0.3) is 0 Å². The minimum absolute atomic E-state index is 0.0199. The number of carbonyl (C=O) groups is 1. The fourth-order valence-electron chi connectivity index (χ4n) is 8.80. The quantitative estimate of drug-likeness (QED) is 0.736. The molecule has 5 nitrogen and oxygen atoms in total. The number of carbonyl (C=O) groups excluding carboxylic acids is 1. The van der Waals surface area contributed by atoms with Crippen molar-refractivity contribution in [3.8, 4) is 6.07 Å². The van der Waals surface area contributed by atoms with Crippen LogP contribution in [0.1, 0.15) is 77.2 Å². The van der Waals surface area contributed by atoms with Crippen LogP contribution in [0.15, 0.2) is 12.4 Å². The summed E-state index contributed by atoms with van der Waals surface area (Å²) in [5.41, 5.74) is -0.457. The van der Waals surface area contributed by atoms with Gasteiger partial charge in [0.05, 0.1) is 30.6 Å². The molecule has 6 heteroatoms. The lowest BCUT2D eigenvalue weighted by Gasteiger charge is -2.62. The first kappa shape index (κ1) is 22.1. The molecule has 174 valence electrons. The maximum Gasteiger partial charge on any atom is 0.157 e. The second kappa shape index (κ2) is 7.65. The Bertz CT molecular complexity index is 936. The van der Waals surface area contributed by atoms with Crippen LogP contribution in [0.3, 0.4) is 0 Å². The molecular formula is C26H36FN3O2. The first-order chi connectivity index (χ1) is 15.2. The molecule has 0 bridgehead atoms. The van der Waals surface area contributed by atoms with E-state index in [1.807, 2.05) is 6.92 Å². The lowest BCUT2D eigenvalue weighted by molar-refractivity contribution is -0.163. The third-order valence-electron chi connectivity index (χ3n) is 10.4. The molecule has 4 aliphatic rings. The molecule has 1 heterocycles. The Morgan fingerprint density at radius 3 is 2.75 bits per heavy atom. The molecule has 0 amide bonds. The average molecular weight is 442 g/mol. The highest BCUT2D eigenvalue weighted by Crippen LogP contribution is 2.68. The van der Waals surface area contributed by atoms with E-state index in [0.717, 1.165) is 51.4 Å². The summed E-state index contributed by atoms with van der Waals surface area (Å²) >= 11 is 0. The second-order valence-corrected chi connectivity index (χ2v) is 11.9. The number of nitriles is 1. The summed E-state index contributed by atoms with van der Waals surface area (Å²) < 4.78 is 16.4. The number of aliphatic hydroxyl groups is 1. The lowest BCUT2D eigenvalue weighted by Crippen LogP contribution is -2.57. The topological polar surface area (TPSA) is 78.9 Å². The monoisotopic (exact) mass is 441 g/mol. The van der Waals surface area contributed by atoms with Crippen molar-refractivity contribution in [2.75, 3.05) is 6.67 Å². The number of hydrogen-bond acceptors (Lipinski definition) is 4. The van der Waals surface area contributed by atoms with Gasteiger partial charge < -0.3 is 5.11 Å². The van der Waals surface area contributed by atoms with E-state index in [9.17, 15) is 14.3 Å². The van der Waals surface area contributed by atoms with Gasteiger partial charge in [0, 0.05) is 17.5 Å². The maximum atomic E-state index is 14.8. The molecular weight excluding hydrogens is 405 g/mol. The Hall–Kier alpha value is -1.74. The smallest absolute Gasteiger partial charge is 0.157 e. The number of fused-ring (bicyclic) bond motifs is 5. The molecule has 0 aliphatic heterocycles. The van der Waals surface area contributed by atoms with Crippen molar-refractivity contribution in [2.24, 2.45) is 40.4 Å². The van der Waals surface area contributed by atoms with Gasteiger partial charge in [0.2, 0.25) is 0 Å². The summed E-state index contributed by atoms with van der Waals surface area (Å²) in [5.74, 6) is 1.90. The van der Waals surface area contributed by atoms with Gasteiger partial charge in [-0.2, -0.15) is 10.4 Å². The van der Waals surface area contributed by atoms with E-state index in [-0.39, 0.29) is 41.7 Å². The van der Waals surface area contributed by atoms with E-state index in [2.05, 4.69) is 18.1 Å². The van der Waals surface area contributed by atoms with Crippen molar-refractivity contribution in [2.45, 2.75) is 83.8 Å². The lowest BCUT2D eigenvalue weighted by atomic mass is 9.43. The molecule has 0 saturated heterocycles. The fourth-order valence-corrected chi connectivity index (χ4v) is 8.80. The average Bonchev–Trinajstić information content (AvgIpc) is 3.36. The second-order valence-electron chi connectivity index (χ2n) is 11.9. The number of halogens is 1. The molecule has 4 fully saturated rings. The normalized spacial score (nSPS) is 45.4. The molecule has 1 aromatic rings. The highest BCUT2D eigenvalue weighted by Gasteiger charge is 2.63. The highest BCUT2D eigenvalue weighted by atomic mass is 19.1. The zero-order chi connectivity index (χ0) is 22.7. The first-order valence-electron chi connectivity index (χ1n) is 12.5. The Morgan fingerprint density at radius 2 is 2.03 bits per heavy atom. The van der Waals surface area contributed by atoms with Gasteiger partial charge in [-0.1, -0.05) is 6.92 Å². The predicted molar refractivity (Wildman–Crippen MR) is 118 cm³/mol. The van der Waals surface area contributed by atoms with Crippen LogP contribution in [-0.2, 0) is 11.3 Å². The van der Waals surface area contributed by atoms with Crippen molar-refractivity contribution in [1.29, 1.82) is 5.26 Å². The van der Waals surface area contributed by atoms with Crippen LogP contribution in [0.2, 0.25) is 0 Å². The van der Waals surface area contributed by atoms with E-state index < -0.39 is 5.60 Å². The molecule has 1 aromatic heterocycles. The van der Waals surface area contributed by atoms with Crippen molar-refractivity contribution in [1.82, 2.24) is 9.78 Å². The van der Waals surface area contributed by atoms with Crippen LogP contribution >= 0.6 is 0 Å². The van der Waals surface area contributed by atoms with Crippen LogP contribution in [0.5, 0.6) is 0 Å². The first-order valence-corrected chi connectivity index (χ1v) is 12.5. The van der Waals surface area contributed by atoms with E-state index >= 15 is 0 Å². The molecule has 32 heavy (non-hydrogen) atoms. The van der Waals surface area contributed by atoms with E-state index in [0.29, 0.717) is 29.7 Å². The van der Waals surface area contributed by atoms with Crippen LogP contribution < -0.4 is 0 Å². The van der Waals surface area contributed by atoms with Gasteiger partial charge in [0.1, 0.15) is 6.07 Å². The molecule has 5 rings (SSSR count). The number of aromatic nitrogens is 2. The van der Waals surface area contributed by atoms with Gasteiger partial charge in [-0.05, 0) is 93.8 Å². The largest absolute Gasteiger partial charge is 0.390 e. The Morgan fingerprint density at radius 1 is 1.22 bits per heavy atom. The zero-order valence-corrected chi connectivity index (χ0v) is 19.4. The Kier molecular flexibility index (Phi) is 5.28.